The van der Waals surface area contributed by atoms with Crippen LogP contribution in [0.2, 0.25) is 12.6 Å². The Bertz CT molecular complexity index is 984. The minimum Gasteiger partial charge on any atom is -0.450 e. The van der Waals surface area contributed by atoms with Crippen LogP contribution in [0.1, 0.15) is 143 Å². The molecule has 12 nitrogen and oxygen atoms in total. The lowest BCUT2D eigenvalue weighted by Crippen LogP contribution is -2.51. The van der Waals surface area contributed by atoms with Gasteiger partial charge in [-0.2, -0.15) is 0 Å². The number of aliphatic hydroxyl groups excluding tert-OH is 1. The maximum absolute atomic E-state index is 13.4. The van der Waals surface area contributed by atoms with Gasteiger partial charge in [-0.15, -0.1) is 0 Å². The first-order chi connectivity index (χ1) is 24.3. The molecule has 0 fully saturated rings. The maximum Gasteiger partial charge on any atom is 0.289 e. The topological polar surface area (TPSA) is 214 Å². The SMILES string of the molecule is CCCCCCCCCNCCCC(=O)C[C@@H](CCCCN)C(=O)N[C@H](C(=O)C[C@@H](C)C(=O)N[C@@H](CCCCN)C(=O)C[C@@H](C)B(C)O)[C@@H](C)O. The van der Waals surface area contributed by atoms with E-state index in [4.69, 9.17) is 11.5 Å². The highest BCUT2D eigenvalue weighted by Crippen LogP contribution is 2.19. The molecule has 0 saturated carbocycles. The molecule has 9 N–H and O–H groups in total. The number of amides is 2. The highest BCUT2D eigenvalue weighted by Gasteiger charge is 2.32. The van der Waals surface area contributed by atoms with Crippen molar-refractivity contribution < 1.29 is 34.1 Å². The molecule has 51 heavy (non-hydrogen) atoms. The summed E-state index contributed by atoms with van der Waals surface area (Å²) in [4.78, 5) is 65.9. The fraction of sp³-hybridized carbons (Fsp3) is 0.868. The number of ketones is 3. The van der Waals surface area contributed by atoms with Gasteiger partial charge >= 0.3 is 0 Å². The van der Waals surface area contributed by atoms with E-state index in [1.54, 1.807) is 20.7 Å². The van der Waals surface area contributed by atoms with Crippen LogP contribution in [0.15, 0.2) is 0 Å². The van der Waals surface area contributed by atoms with Crippen LogP contribution in [0.5, 0.6) is 0 Å². The van der Waals surface area contributed by atoms with Gasteiger partial charge in [0, 0.05) is 37.5 Å². The highest BCUT2D eigenvalue weighted by molar-refractivity contribution is 6.50. The Labute approximate surface area is 309 Å². The zero-order valence-electron chi connectivity index (χ0n) is 32.7. The Morgan fingerprint density at radius 1 is 0.686 bits per heavy atom. The molecule has 0 bridgehead atoms. The number of nitrogens with two attached hydrogens (primary N) is 2. The van der Waals surface area contributed by atoms with Crippen molar-refractivity contribution >= 4 is 36.1 Å². The summed E-state index contributed by atoms with van der Waals surface area (Å²) in [6.45, 7) is 10.5. The average Bonchev–Trinajstić information content (AvgIpc) is 3.08. The maximum atomic E-state index is 13.4. The lowest BCUT2D eigenvalue weighted by molar-refractivity contribution is -0.136. The Balaban J connectivity index is 5.18. The molecule has 296 valence electrons. The van der Waals surface area contributed by atoms with E-state index in [0.29, 0.717) is 64.5 Å². The van der Waals surface area contributed by atoms with Gasteiger partial charge in [0.25, 0.3) is 6.92 Å². The van der Waals surface area contributed by atoms with Gasteiger partial charge in [-0.1, -0.05) is 72.5 Å². The second-order valence-corrected chi connectivity index (χ2v) is 14.7. The fourth-order valence-corrected chi connectivity index (χ4v) is 5.99. The molecule has 13 heteroatoms. The van der Waals surface area contributed by atoms with Gasteiger partial charge in [0.1, 0.15) is 11.8 Å². The molecule has 0 aliphatic rings. The van der Waals surface area contributed by atoms with Crippen molar-refractivity contribution in [2.75, 3.05) is 26.2 Å². The number of carbonyl (C=O) groups is 5. The van der Waals surface area contributed by atoms with Crippen molar-refractivity contribution in [2.45, 2.75) is 174 Å². The lowest BCUT2D eigenvalue weighted by atomic mass is 9.58. The normalized spacial score (nSPS) is 14.9. The van der Waals surface area contributed by atoms with Gasteiger partial charge < -0.3 is 37.5 Å². The number of Topliss-reactive ketones (excluding diaryl/α,β-unsaturated/α-hetero) is 3. The molecule has 0 aromatic carbocycles. The summed E-state index contributed by atoms with van der Waals surface area (Å²) in [6, 6.07) is -2.03. The molecular weight excluding hydrogens is 649 g/mol. The number of nitrogens with one attached hydrogen (secondary N) is 3. The standard InChI is InChI=1S/C38H74BN5O7/c1-6-7-8-9-10-11-16-23-42-24-17-19-32(46)27-31(18-12-14-21-40)38(50)44-36(30(4)45)35(48)25-28(2)37(49)43-33(20-13-15-22-41)34(47)26-29(3)39(5)51/h28-31,33,36,42,45,51H,6-27,40-41H2,1-5H3,(H,43,49)(H,44,50)/t28-,29-,30-,31-,33+,36+/m1/s1. The second kappa shape index (κ2) is 30.3. The molecule has 0 aliphatic carbocycles. The Morgan fingerprint density at radius 3 is 1.86 bits per heavy atom. The summed E-state index contributed by atoms with van der Waals surface area (Å²) >= 11 is 0. The van der Waals surface area contributed by atoms with E-state index in [9.17, 15) is 34.1 Å². The van der Waals surface area contributed by atoms with E-state index in [1.165, 1.54) is 45.4 Å². The van der Waals surface area contributed by atoms with E-state index in [-0.39, 0.29) is 36.6 Å². The first-order valence-electron chi connectivity index (χ1n) is 19.9. The smallest absolute Gasteiger partial charge is 0.289 e. The third kappa shape index (κ3) is 23.9. The van der Waals surface area contributed by atoms with E-state index in [2.05, 4.69) is 22.9 Å². The molecule has 0 rings (SSSR count). The van der Waals surface area contributed by atoms with Crippen LogP contribution in [0, 0.1) is 11.8 Å². The summed E-state index contributed by atoms with van der Waals surface area (Å²) in [7, 11) is 0. The number of unbranched alkanes of at least 4 members (excludes halogenated alkanes) is 8. The van der Waals surface area contributed by atoms with Crippen molar-refractivity contribution in [3.8, 4) is 0 Å². The van der Waals surface area contributed by atoms with E-state index < -0.39 is 54.5 Å². The van der Waals surface area contributed by atoms with E-state index in [0.717, 1.165) is 19.5 Å². The minimum atomic E-state index is -1.26. The van der Waals surface area contributed by atoms with Crippen molar-refractivity contribution in [1.29, 1.82) is 0 Å². The average molecular weight is 724 g/mol. The minimum absolute atomic E-state index is 0.0238. The van der Waals surface area contributed by atoms with Gasteiger partial charge in [-0.25, -0.2) is 0 Å². The Hall–Kier alpha value is -2.19. The molecule has 6 atom stereocenters. The van der Waals surface area contributed by atoms with Crippen molar-refractivity contribution in [3.63, 3.8) is 0 Å². The van der Waals surface area contributed by atoms with Crippen LogP contribution in [-0.4, -0.2) is 90.6 Å². The van der Waals surface area contributed by atoms with Crippen LogP contribution >= 0.6 is 0 Å². The fourth-order valence-electron chi connectivity index (χ4n) is 5.99. The molecule has 0 heterocycles. The number of hydrogen-bond donors (Lipinski definition) is 7. The number of aliphatic hydroxyl groups is 1. The third-order valence-corrected chi connectivity index (χ3v) is 9.70. The van der Waals surface area contributed by atoms with Gasteiger partial charge in [-0.3, -0.25) is 24.0 Å². The molecule has 2 amide bonds. The van der Waals surface area contributed by atoms with Crippen LogP contribution < -0.4 is 27.4 Å². The van der Waals surface area contributed by atoms with Crippen molar-refractivity contribution in [2.24, 2.45) is 23.3 Å². The molecule has 0 saturated heterocycles. The van der Waals surface area contributed by atoms with Gasteiger partial charge in [-0.05, 0) is 83.9 Å². The Kier molecular flexibility index (Phi) is 29.0. The molecular formula is C38H74BN5O7. The summed E-state index contributed by atoms with van der Waals surface area (Å²) in [6.07, 6.45) is 11.9. The Morgan fingerprint density at radius 2 is 1.27 bits per heavy atom. The zero-order valence-corrected chi connectivity index (χ0v) is 32.7. The van der Waals surface area contributed by atoms with Crippen molar-refractivity contribution in [1.82, 2.24) is 16.0 Å². The summed E-state index contributed by atoms with van der Waals surface area (Å²) < 4.78 is 0. The van der Waals surface area contributed by atoms with Crippen molar-refractivity contribution in [3.05, 3.63) is 0 Å². The lowest BCUT2D eigenvalue weighted by Gasteiger charge is -2.25. The van der Waals surface area contributed by atoms with Crippen LogP contribution in [0.3, 0.4) is 0 Å². The van der Waals surface area contributed by atoms with Crippen LogP contribution in [-0.2, 0) is 24.0 Å². The molecule has 0 radical (unpaired) electrons. The summed E-state index contributed by atoms with van der Waals surface area (Å²) in [5.74, 6) is -3.49. The number of carbonyl (C=O) groups excluding carboxylic acids is 5. The molecule has 0 spiro atoms. The summed E-state index contributed by atoms with van der Waals surface area (Å²) in [5.41, 5.74) is 11.3. The quantitative estimate of drug-likeness (QED) is 0.0376. The predicted octanol–water partition coefficient (Wildman–Crippen LogP) is 3.85. The van der Waals surface area contributed by atoms with E-state index >= 15 is 0 Å². The molecule has 0 aromatic rings. The number of rotatable bonds is 34. The molecule has 0 aromatic heterocycles. The van der Waals surface area contributed by atoms with Crippen LogP contribution in [0.25, 0.3) is 0 Å². The highest BCUT2D eigenvalue weighted by atomic mass is 16.3. The van der Waals surface area contributed by atoms with Gasteiger partial charge in [0.15, 0.2) is 11.6 Å². The third-order valence-electron chi connectivity index (χ3n) is 9.70. The largest absolute Gasteiger partial charge is 0.450 e. The van der Waals surface area contributed by atoms with Gasteiger partial charge in [0.05, 0.1) is 12.1 Å². The first kappa shape index (κ1) is 48.8. The van der Waals surface area contributed by atoms with E-state index in [1.807, 2.05) is 0 Å². The monoisotopic (exact) mass is 724 g/mol. The van der Waals surface area contributed by atoms with Gasteiger partial charge in [0.2, 0.25) is 11.8 Å². The zero-order chi connectivity index (χ0) is 38.6. The number of hydrogen-bond acceptors (Lipinski definition) is 10. The molecule has 0 aliphatic heterocycles. The first-order valence-corrected chi connectivity index (χ1v) is 19.9. The predicted molar refractivity (Wildman–Crippen MR) is 206 cm³/mol. The second-order valence-electron chi connectivity index (χ2n) is 14.7. The van der Waals surface area contributed by atoms with Crippen LogP contribution in [0.4, 0.5) is 0 Å². The summed E-state index contributed by atoms with van der Waals surface area (Å²) in [5, 5.41) is 29.2. The molecule has 0 unspecified atom stereocenters.